The van der Waals surface area contributed by atoms with Gasteiger partial charge in [0.25, 0.3) is 0 Å². The summed E-state index contributed by atoms with van der Waals surface area (Å²) in [7, 11) is 1.64. The first-order valence-electron chi connectivity index (χ1n) is 11.4. The molecule has 1 N–H and O–H groups in total. The standard InChI is InChI=1S/C25H28N4O2/c1-31-22-4-3-19(21-15-29-6-2-5-26-24(29)28-21)10-20(22)27-23(30)14-25-11-16-7-17(12-25)9-18(8-16)13-25/h2-6,10,15-18H,7-9,11-14H2,1H3,(H,27,30). The molecule has 4 fully saturated rings. The van der Waals surface area contributed by atoms with Gasteiger partial charge in [0.1, 0.15) is 5.75 Å². The van der Waals surface area contributed by atoms with E-state index < -0.39 is 0 Å². The molecule has 0 atom stereocenters. The van der Waals surface area contributed by atoms with Crippen LogP contribution in [0.5, 0.6) is 5.75 Å². The maximum Gasteiger partial charge on any atom is 0.234 e. The van der Waals surface area contributed by atoms with Gasteiger partial charge in [-0.05, 0) is 86.0 Å². The van der Waals surface area contributed by atoms with Gasteiger partial charge in [0.15, 0.2) is 0 Å². The fourth-order valence-electron chi connectivity index (χ4n) is 6.98. The van der Waals surface area contributed by atoms with Crippen molar-refractivity contribution in [2.75, 3.05) is 12.4 Å². The monoisotopic (exact) mass is 416 g/mol. The first kappa shape index (κ1) is 18.8. The van der Waals surface area contributed by atoms with Crippen molar-refractivity contribution in [3.05, 3.63) is 42.9 Å². The maximum absolute atomic E-state index is 13.2. The molecule has 6 nitrogen and oxygen atoms in total. The molecule has 6 heteroatoms. The number of anilines is 1. The van der Waals surface area contributed by atoms with Crippen LogP contribution < -0.4 is 10.1 Å². The van der Waals surface area contributed by atoms with E-state index in [2.05, 4.69) is 15.3 Å². The van der Waals surface area contributed by atoms with E-state index in [9.17, 15) is 4.79 Å². The van der Waals surface area contributed by atoms with E-state index in [-0.39, 0.29) is 11.3 Å². The molecule has 4 bridgehead atoms. The Kier molecular flexibility index (Phi) is 4.30. The molecule has 160 valence electrons. The molecule has 4 aliphatic rings. The Morgan fingerprint density at radius 1 is 1.19 bits per heavy atom. The Bertz CT molecular complexity index is 1080. The molecule has 31 heavy (non-hydrogen) atoms. The Balaban J connectivity index is 1.24. The lowest BCUT2D eigenvalue weighted by Gasteiger charge is -2.56. The van der Waals surface area contributed by atoms with Crippen LogP contribution in [0, 0.1) is 23.2 Å². The van der Waals surface area contributed by atoms with Gasteiger partial charge in [0, 0.05) is 30.6 Å². The summed E-state index contributed by atoms with van der Waals surface area (Å²) in [6.45, 7) is 0. The minimum absolute atomic E-state index is 0.106. The summed E-state index contributed by atoms with van der Waals surface area (Å²) in [5, 5.41) is 3.17. The molecule has 0 radical (unpaired) electrons. The van der Waals surface area contributed by atoms with Crippen molar-refractivity contribution in [2.24, 2.45) is 23.2 Å². The third-order valence-electron chi connectivity index (χ3n) is 7.71. The van der Waals surface area contributed by atoms with Crippen molar-refractivity contribution < 1.29 is 9.53 Å². The largest absolute Gasteiger partial charge is 0.495 e. The molecule has 4 aliphatic carbocycles. The number of aromatic nitrogens is 3. The second kappa shape index (κ2) is 7.08. The summed E-state index contributed by atoms with van der Waals surface area (Å²) in [6.07, 6.45) is 14.1. The van der Waals surface area contributed by atoms with Gasteiger partial charge in [-0.15, -0.1) is 0 Å². The maximum atomic E-state index is 13.2. The molecule has 7 rings (SSSR count). The number of ether oxygens (including phenoxy) is 1. The number of fused-ring (bicyclic) bond motifs is 1. The Labute approximate surface area is 182 Å². The number of rotatable bonds is 5. The lowest BCUT2D eigenvalue weighted by molar-refractivity contribution is -0.124. The van der Waals surface area contributed by atoms with Crippen molar-refractivity contribution >= 4 is 17.4 Å². The Hall–Kier alpha value is -2.89. The lowest BCUT2D eigenvalue weighted by Crippen LogP contribution is -2.47. The molecule has 0 unspecified atom stereocenters. The van der Waals surface area contributed by atoms with Crippen molar-refractivity contribution in [3.8, 4) is 17.0 Å². The molecular formula is C25H28N4O2. The zero-order valence-corrected chi connectivity index (χ0v) is 17.9. The predicted molar refractivity (Wildman–Crippen MR) is 119 cm³/mol. The smallest absolute Gasteiger partial charge is 0.234 e. The zero-order chi connectivity index (χ0) is 21.0. The van der Waals surface area contributed by atoms with Gasteiger partial charge in [-0.1, -0.05) is 0 Å². The van der Waals surface area contributed by atoms with Crippen LogP contribution in [0.25, 0.3) is 17.0 Å². The van der Waals surface area contributed by atoms with Crippen LogP contribution in [-0.4, -0.2) is 27.4 Å². The highest BCUT2D eigenvalue weighted by Crippen LogP contribution is 2.61. The van der Waals surface area contributed by atoms with Crippen LogP contribution in [0.4, 0.5) is 5.69 Å². The summed E-state index contributed by atoms with van der Waals surface area (Å²) < 4.78 is 7.43. The highest BCUT2D eigenvalue weighted by molar-refractivity contribution is 5.93. The quantitative estimate of drug-likeness (QED) is 0.639. The number of carbonyl (C=O) groups is 1. The van der Waals surface area contributed by atoms with E-state index in [1.54, 1.807) is 13.3 Å². The zero-order valence-electron chi connectivity index (χ0n) is 17.9. The fraction of sp³-hybridized carbons (Fsp3) is 0.480. The molecule has 0 saturated heterocycles. The van der Waals surface area contributed by atoms with Crippen LogP contribution in [0.15, 0.2) is 42.9 Å². The van der Waals surface area contributed by atoms with Crippen LogP contribution in [-0.2, 0) is 4.79 Å². The highest BCUT2D eigenvalue weighted by atomic mass is 16.5. The SMILES string of the molecule is COc1ccc(-c2cn3cccnc3n2)cc1NC(=O)CC12CC3CC(CC(C3)C1)C2. The van der Waals surface area contributed by atoms with Crippen molar-refractivity contribution in [1.29, 1.82) is 0 Å². The van der Waals surface area contributed by atoms with Gasteiger partial charge in [0.2, 0.25) is 11.7 Å². The van der Waals surface area contributed by atoms with Crippen LogP contribution in [0.2, 0.25) is 0 Å². The molecule has 3 aromatic rings. The highest BCUT2D eigenvalue weighted by Gasteiger charge is 2.51. The Morgan fingerprint density at radius 2 is 1.94 bits per heavy atom. The van der Waals surface area contributed by atoms with Crippen LogP contribution in [0.3, 0.4) is 0 Å². The number of hydrogen-bond acceptors (Lipinski definition) is 4. The number of carbonyl (C=O) groups excluding carboxylic acids is 1. The Morgan fingerprint density at radius 3 is 2.61 bits per heavy atom. The van der Waals surface area contributed by atoms with E-state index in [0.29, 0.717) is 23.6 Å². The van der Waals surface area contributed by atoms with E-state index in [1.165, 1.54) is 38.5 Å². The number of nitrogens with zero attached hydrogens (tertiary/aromatic N) is 3. The van der Waals surface area contributed by atoms with Crippen LogP contribution >= 0.6 is 0 Å². The molecule has 1 aromatic carbocycles. The number of nitrogens with one attached hydrogen (secondary N) is 1. The minimum Gasteiger partial charge on any atom is -0.495 e. The van der Waals surface area contributed by atoms with Gasteiger partial charge in [-0.2, -0.15) is 0 Å². The molecule has 0 aliphatic heterocycles. The van der Waals surface area contributed by atoms with Gasteiger partial charge < -0.3 is 10.1 Å². The number of benzene rings is 1. The summed E-state index contributed by atoms with van der Waals surface area (Å²) in [6, 6.07) is 7.70. The van der Waals surface area contributed by atoms with E-state index >= 15 is 0 Å². The third-order valence-corrected chi connectivity index (χ3v) is 7.71. The van der Waals surface area contributed by atoms with Gasteiger partial charge in [0.05, 0.1) is 18.5 Å². The topological polar surface area (TPSA) is 68.5 Å². The summed E-state index contributed by atoms with van der Waals surface area (Å²) in [4.78, 5) is 22.1. The molecule has 1 amide bonds. The van der Waals surface area contributed by atoms with Crippen molar-refractivity contribution in [1.82, 2.24) is 14.4 Å². The lowest BCUT2D eigenvalue weighted by atomic mass is 9.49. The second-order valence-electron chi connectivity index (χ2n) is 10.0. The van der Waals surface area contributed by atoms with Gasteiger partial charge >= 0.3 is 0 Å². The third kappa shape index (κ3) is 3.38. The number of methoxy groups -OCH3 is 1. The molecule has 0 spiro atoms. The van der Waals surface area contributed by atoms with Gasteiger partial charge in [-0.3, -0.25) is 9.20 Å². The summed E-state index contributed by atoms with van der Waals surface area (Å²) >= 11 is 0. The molecule has 4 saturated carbocycles. The average Bonchev–Trinajstić information content (AvgIpc) is 3.16. The van der Waals surface area contributed by atoms with E-state index in [0.717, 1.165) is 29.0 Å². The van der Waals surface area contributed by atoms with Gasteiger partial charge in [-0.25, -0.2) is 9.97 Å². The number of amides is 1. The van der Waals surface area contributed by atoms with E-state index in [4.69, 9.17) is 4.74 Å². The second-order valence-corrected chi connectivity index (χ2v) is 10.0. The minimum atomic E-state index is 0.106. The van der Waals surface area contributed by atoms with Crippen molar-refractivity contribution in [3.63, 3.8) is 0 Å². The summed E-state index contributed by atoms with van der Waals surface area (Å²) in [5.41, 5.74) is 2.67. The molecule has 2 aromatic heterocycles. The normalized spacial score (nSPS) is 28.7. The number of hydrogen-bond donors (Lipinski definition) is 1. The first-order valence-corrected chi connectivity index (χ1v) is 11.4. The summed E-state index contributed by atoms with van der Waals surface area (Å²) in [5.74, 6) is 3.97. The predicted octanol–water partition coefficient (Wildman–Crippen LogP) is 4.95. The van der Waals surface area contributed by atoms with E-state index in [1.807, 2.05) is 41.1 Å². The fourth-order valence-corrected chi connectivity index (χ4v) is 6.98. The number of imidazole rings is 1. The van der Waals surface area contributed by atoms with Crippen molar-refractivity contribution in [2.45, 2.75) is 44.9 Å². The first-order chi connectivity index (χ1) is 15.1. The average molecular weight is 417 g/mol. The van der Waals surface area contributed by atoms with Crippen LogP contribution in [0.1, 0.15) is 44.9 Å². The molecular weight excluding hydrogens is 388 g/mol. The molecule has 2 heterocycles.